The molecule has 1 aromatic rings. The van der Waals surface area contributed by atoms with Gasteiger partial charge in [-0.25, -0.2) is 0 Å². The van der Waals surface area contributed by atoms with Gasteiger partial charge >= 0.3 is 6.61 Å². The van der Waals surface area contributed by atoms with E-state index in [0.717, 1.165) is 16.7 Å². The van der Waals surface area contributed by atoms with Crippen molar-refractivity contribution >= 4 is 52.6 Å². The molecule has 3 saturated heterocycles. The minimum atomic E-state index is -2.93. The molecule has 12 heteroatoms. The number of halogens is 2. The first-order chi connectivity index (χ1) is 15.7. The van der Waals surface area contributed by atoms with Crippen molar-refractivity contribution in [2.24, 2.45) is 0 Å². The van der Waals surface area contributed by atoms with Gasteiger partial charge in [-0.05, 0) is 48.9 Å². The highest BCUT2D eigenvalue weighted by Crippen LogP contribution is 2.47. The minimum Gasteiger partial charge on any atom is -0.435 e. The summed E-state index contributed by atoms with van der Waals surface area (Å²) in [5.74, 6) is -0.324. The molecule has 8 nitrogen and oxygen atoms in total. The first kappa shape index (κ1) is 23.6. The summed E-state index contributed by atoms with van der Waals surface area (Å²) < 4.78 is 28.8. The van der Waals surface area contributed by atoms with Crippen LogP contribution < -0.4 is 10.1 Å². The second-order valence-electron chi connectivity index (χ2n) is 7.84. The Hall–Kier alpha value is -2.60. The van der Waals surface area contributed by atoms with Gasteiger partial charge < -0.3 is 15.0 Å². The summed E-state index contributed by atoms with van der Waals surface area (Å²) in [6.07, 6.45) is 2.63. The Morgan fingerprint density at radius 3 is 2.73 bits per heavy atom. The average molecular weight is 498 g/mol. The number of hydrogen-bond acceptors (Lipinski definition) is 7. The molecule has 1 N–H and O–H groups in total. The normalized spacial score (nSPS) is 26.0. The lowest BCUT2D eigenvalue weighted by Crippen LogP contribution is -2.51. The summed E-state index contributed by atoms with van der Waals surface area (Å²) in [4.78, 5) is 52.3. The number of rotatable bonds is 7. The third-order valence-electron chi connectivity index (χ3n) is 5.66. The Balaban J connectivity index is 1.32. The average Bonchev–Trinajstić information content (AvgIpc) is 3.35. The maximum atomic E-state index is 12.6. The van der Waals surface area contributed by atoms with Gasteiger partial charge in [0.15, 0.2) is 0 Å². The smallest absolute Gasteiger partial charge is 0.387 e. The van der Waals surface area contributed by atoms with Gasteiger partial charge in [-0.3, -0.25) is 24.1 Å². The number of carbonyl (C=O) groups excluding carboxylic acids is 4. The van der Waals surface area contributed by atoms with Crippen molar-refractivity contribution in [3.63, 3.8) is 0 Å². The predicted molar refractivity (Wildman–Crippen MR) is 119 cm³/mol. The fourth-order valence-corrected chi connectivity index (χ4v) is 6.31. The zero-order valence-electron chi connectivity index (χ0n) is 17.6. The Morgan fingerprint density at radius 1 is 1.30 bits per heavy atom. The number of alkyl halides is 2. The van der Waals surface area contributed by atoms with E-state index >= 15 is 0 Å². The Morgan fingerprint density at radius 2 is 2.03 bits per heavy atom. The summed E-state index contributed by atoms with van der Waals surface area (Å²) in [5.41, 5.74) is 0.549. The van der Waals surface area contributed by atoms with Crippen molar-refractivity contribution < 1.29 is 32.7 Å². The minimum absolute atomic E-state index is 0.00000985. The number of ether oxygens (including phenoxy) is 1. The van der Waals surface area contributed by atoms with E-state index in [0.29, 0.717) is 24.2 Å². The van der Waals surface area contributed by atoms with Crippen LogP contribution >= 0.6 is 23.5 Å². The van der Waals surface area contributed by atoms with Crippen LogP contribution in [0.2, 0.25) is 0 Å². The SMILES string of the molecule is C[C@]12CCC(=O)N1[C@@H](C(=O)NCCN1C(=O)S/C(=C/c3ccc(OC(F)F)cc3)C1=O)CS2. The third kappa shape index (κ3) is 4.86. The first-order valence-electron chi connectivity index (χ1n) is 10.2. The molecule has 3 fully saturated rings. The van der Waals surface area contributed by atoms with Crippen LogP contribution in [0, 0.1) is 0 Å². The molecule has 0 spiro atoms. The van der Waals surface area contributed by atoms with Crippen LogP contribution in [0.5, 0.6) is 5.75 Å². The number of thioether (sulfide) groups is 2. The number of nitrogens with one attached hydrogen (secondary N) is 1. The van der Waals surface area contributed by atoms with E-state index < -0.39 is 23.8 Å². The molecular weight excluding hydrogens is 476 g/mol. The van der Waals surface area contributed by atoms with Gasteiger partial charge in [-0.2, -0.15) is 8.78 Å². The summed E-state index contributed by atoms with van der Waals surface area (Å²) in [6.45, 7) is -0.897. The monoisotopic (exact) mass is 497 g/mol. The second-order valence-corrected chi connectivity index (χ2v) is 10.3. The zero-order valence-corrected chi connectivity index (χ0v) is 19.2. The van der Waals surface area contributed by atoms with Gasteiger partial charge in [-0.1, -0.05) is 12.1 Å². The van der Waals surface area contributed by atoms with E-state index in [1.54, 1.807) is 16.7 Å². The van der Waals surface area contributed by atoms with E-state index in [2.05, 4.69) is 10.1 Å². The van der Waals surface area contributed by atoms with E-state index in [4.69, 9.17) is 0 Å². The van der Waals surface area contributed by atoms with Gasteiger partial charge in [0.1, 0.15) is 11.8 Å². The number of amides is 4. The number of fused-ring (bicyclic) bond motifs is 1. The van der Waals surface area contributed by atoms with Crippen LogP contribution in [0.25, 0.3) is 6.08 Å². The molecule has 3 aliphatic heterocycles. The highest BCUT2D eigenvalue weighted by atomic mass is 32.2. The number of benzene rings is 1. The number of nitrogens with zero attached hydrogens (tertiary/aromatic N) is 2. The lowest BCUT2D eigenvalue weighted by Gasteiger charge is -2.29. The number of carbonyl (C=O) groups is 4. The van der Waals surface area contributed by atoms with E-state index in [1.165, 1.54) is 30.3 Å². The zero-order chi connectivity index (χ0) is 23.8. The fourth-order valence-electron chi connectivity index (χ4n) is 4.01. The fraction of sp³-hybridized carbons (Fsp3) is 0.429. The Bertz CT molecular complexity index is 1020. The van der Waals surface area contributed by atoms with Crippen molar-refractivity contribution in [2.75, 3.05) is 18.8 Å². The van der Waals surface area contributed by atoms with E-state index in [-0.39, 0.29) is 40.4 Å². The molecule has 0 radical (unpaired) electrons. The van der Waals surface area contributed by atoms with E-state index in [9.17, 15) is 28.0 Å². The summed E-state index contributed by atoms with van der Waals surface area (Å²) in [6, 6.07) is 5.13. The van der Waals surface area contributed by atoms with Crippen LogP contribution in [0.4, 0.5) is 13.6 Å². The van der Waals surface area contributed by atoms with Gasteiger partial charge in [0.25, 0.3) is 11.1 Å². The molecule has 4 rings (SSSR count). The highest BCUT2D eigenvalue weighted by molar-refractivity contribution is 8.18. The molecule has 176 valence electrons. The van der Waals surface area contributed by atoms with Gasteiger partial charge in [-0.15, -0.1) is 11.8 Å². The topological polar surface area (TPSA) is 96.0 Å². The van der Waals surface area contributed by atoms with Gasteiger partial charge in [0.05, 0.1) is 9.78 Å². The molecule has 3 aliphatic rings. The van der Waals surface area contributed by atoms with Crippen LogP contribution in [-0.2, 0) is 14.4 Å². The summed E-state index contributed by atoms with van der Waals surface area (Å²) in [5, 5.41) is 2.27. The largest absolute Gasteiger partial charge is 0.435 e. The van der Waals surface area contributed by atoms with Crippen molar-refractivity contribution in [2.45, 2.75) is 37.3 Å². The van der Waals surface area contributed by atoms with Crippen molar-refractivity contribution in [3.8, 4) is 5.75 Å². The molecule has 2 atom stereocenters. The maximum absolute atomic E-state index is 12.6. The Kier molecular flexibility index (Phi) is 6.66. The van der Waals surface area contributed by atoms with Crippen LogP contribution in [0.3, 0.4) is 0 Å². The molecular formula is C21H21F2N3O5S2. The third-order valence-corrected chi connectivity index (χ3v) is 8.07. The molecule has 0 unspecified atom stereocenters. The lowest BCUT2D eigenvalue weighted by molar-refractivity contribution is -0.137. The summed E-state index contributed by atoms with van der Waals surface area (Å²) >= 11 is 2.36. The second kappa shape index (κ2) is 9.34. The van der Waals surface area contributed by atoms with Crippen LogP contribution in [-0.4, -0.2) is 69.1 Å². The van der Waals surface area contributed by atoms with Crippen molar-refractivity contribution in [1.29, 1.82) is 0 Å². The molecule has 33 heavy (non-hydrogen) atoms. The van der Waals surface area contributed by atoms with Gasteiger partial charge in [0.2, 0.25) is 11.8 Å². The van der Waals surface area contributed by atoms with Crippen LogP contribution in [0.15, 0.2) is 29.2 Å². The quantitative estimate of drug-likeness (QED) is 0.579. The molecule has 0 saturated carbocycles. The number of imide groups is 1. The molecule has 0 aromatic heterocycles. The molecule has 4 amide bonds. The van der Waals surface area contributed by atoms with E-state index in [1.807, 2.05) is 6.92 Å². The van der Waals surface area contributed by atoms with Crippen molar-refractivity contribution in [1.82, 2.24) is 15.1 Å². The van der Waals surface area contributed by atoms with Crippen molar-refractivity contribution in [3.05, 3.63) is 34.7 Å². The first-order valence-corrected chi connectivity index (χ1v) is 12.0. The molecule has 1 aromatic carbocycles. The predicted octanol–water partition coefficient (Wildman–Crippen LogP) is 2.89. The van der Waals surface area contributed by atoms with Gasteiger partial charge in [0, 0.05) is 25.3 Å². The number of hydrogen-bond donors (Lipinski definition) is 1. The lowest BCUT2D eigenvalue weighted by atomic mass is 10.2. The van der Waals surface area contributed by atoms with Crippen LogP contribution in [0.1, 0.15) is 25.3 Å². The molecule has 0 bridgehead atoms. The highest BCUT2D eigenvalue weighted by Gasteiger charge is 2.52. The molecule has 0 aliphatic carbocycles. The summed E-state index contributed by atoms with van der Waals surface area (Å²) in [7, 11) is 0. The maximum Gasteiger partial charge on any atom is 0.387 e. The Labute approximate surface area is 197 Å². The molecule has 3 heterocycles. The standard InChI is InChI=1S/C21H21F2N3O5S2/c1-21-7-6-16(27)26(21)14(11-32-21)17(28)24-8-9-25-18(29)15(33-20(25)30)10-12-2-4-13(5-3-12)31-19(22)23/h2-5,10,14,19H,6-9,11H2,1H3,(H,24,28)/b15-10+/t14-,21+/m1/s1.